The summed E-state index contributed by atoms with van der Waals surface area (Å²) in [6.45, 7) is 4.28. The van der Waals surface area contributed by atoms with Crippen LogP contribution in [0.5, 0.6) is 0 Å². The Morgan fingerprint density at radius 1 is 1.60 bits per heavy atom. The van der Waals surface area contributed by atoms with Crippen molar-refractivity contribution in [3.8, 4) is 0 Å². The van der Waals surface area contributed by atoms with Crippen LogP contribution in [-0.4, -0.2) is 36.7 Å². The summed E-state index contributed by atoms with van der Waals surface area (Å²) in [6, 6.07) is 0. The highest BCUT2D eigenvalue weighted by Crippen LogP contribution is 2.14. The lowest BCUT2D eigenvalue weighted by molar-refractivity contribution is 0.0773. The van der Waals surface area contributed by atoms with Crippen molar-refractivity contribution >= 4 is 0 Å². The molecule has 60 valence electrons. The minimum atomic E-state index is -1.18. The predicted octanol–water partition coefficient (Wildman–Crippen LogP) is 0.379. The van der Waals surface area contributed by atoms with Crippen LogP contribution in [0.1, 0.15) is 13.3 Å². The summed E-state index contributed by atoms with van der Waals surface area (Å²) >= 11 is 0. The second-order valence-electron chi connectivity index (χ2n) is 3.25. The number of rotatable bonds is 3. The van der Waals surface area contributed by atoms with Gasteiger partial charge in [0.05, 0.1) is 0 Å². The van der Waals surface area contributed by atoms with Crippen molar-refractivity contribution in [3.63, 3.8) is 0 Å². The molecular weight excluding hydrogens is 131 g/mol. The van der Waals surface area contributed by atoms with Gasteiger partial charge in [0.25, 0.3) is 0 Å². The van der Waals surface area contributed by atoms with Crippen molar-refractivity contribution in [2.75, 3.05) is 26.2 Å². The fourth-order valence-corrected chi connectivity index (χ4v) is 1.07. The molecule has 0 aromatic carbocycles. The van der Waals surface area contributed by atoms with Crippen LogP contribution in [0, 0.1) is 0 Å². The highest BCUT2D eigenvalue weighted by molar-refractivity contribution is 4.82. The molecule has 1 aliphatic rings. The quantitative estimate of drug-likeness (QED) is 0.623. The van der Waals surface area contributed by atoms with Crippen LogP contribution in [0.4, 0.5) is 4.39 Å². The first-order valence-corrected chi connectivity index (χ1v) is 3.75. The third kappa shape index (κ3) is 1.92. The van der Waals surface area contributed by atoms with Crippen molar-refractivity contribution < 1.29 is 4.39 Å². The van der Waals surface area contributed by atoms with Gasteiger partial charge in [0.15, 0.2) is 0 Å². The summed E-state index contributed by atoms with van der Waals surface area (Å²) in [5.74, 6) is 0. The normalized spacial score (nSPS) is 25.5. The van der Waals surface area contributed by atoms with Gasteiger partial charge < -0.3 is 10.6 Å². The van der Waals surface area contributed by atoms with Gasteiger partial charge in [0.2, 0.25) is 0 Å². The van der Waals surface area contributed by atoms with Crippen molar-refractivity contribution in [1.82, 2.24) is 4.90 Å². The van der Waals surface area contributed by atoms with Gasteiger partial charge in [0, 0.05) is 13.1 Å². The molecule has 0 spiro atoms. The van der Waals surface area contributed by atoms with E-state index in [2.05, 4.69) is 4.90 Å². The minimum absolute atomic E-state index is 0.128. The van der Waals surface area contributed by atoms with Gasteiger partial charge in [-0.25, -0.2) is 4.39 Å². The molecule has 1 atom stereocenters. The minimum Gasteiger partial charge on any atom is -0.327 e. The molecule has 1 heterocycles. The smallest absolute Gasteiger partial charge is 0.133 e. The monoisotopic (exact) mass is 146 g/mol. The number of likely N-dealkylation sites (tertiary alicyclic amines) is 1. The van der Waals surface area contributed by atoms with Gasteiger partial charge in [-0.3, -0.25) is 0 Å². The standard InChI is InChI=1S/C7H15FN2/c1-7(8,5-9)6-10-3-2-4-10/h2-6,9H2,1H3. The topological polar surface area (TPSA) is 29.3 Å². The fraction of sp³-hybridized carbons (Fsp3) is 1.00. The number of halogens is 1. The molecule has 0 bridgehead atoms. The van der Waals surface area contributed by atoms with E-state index in [9.17, 15) is 4.39 Å². The van der Waals surface area contributed by atoms with Crippen molar-refractivity contribution in [2.45, 2.75) is 19.0 Å². The number of hydrogen-bond donors (Lipinski definition) is 1. The van der Waals surface area contributed by atoms with Gasteiger partial charge in [-0.05, 0) is 26.4 Å². The average Bonchev–Trinajstić information content (AvgIpc) is 1.80. The number of nitrogens with two attached hydrogens (primary N) is 1. The van der Waals surface area contributed by atoms with Crippen molar-refractivity contribution in [1.29, 1.82) is 0 Å². The maximum absolute atomic E-state index is 13.1. The Balaban J connectivity index is 2.21. The summed E-state index contributed by atoms with van der Waals surface area (Å²) in [7, 11) is 0. The van der Waals surface area contributed by atoms with Crippen molar-refractivity contribution in [2.24, 2.45) is 5.73 Å². The molecule has 2 N–H and O–H groups in total. The lowest BCUT2D eigenvalue weighted by Crippen LogP contribution is -2.48. The third-order valence-corrected chi connectivity index (χ3v) is 1.93. The maximum Gasteiger partial charge on any atom is 0.133 e. The summed E-state index contributed by atoms with van der Waals surface area (Å²) in [5, 5.41) is 0. The first-order chi connectivity index (χ1) is 4.64. The second-order valence-corrected chi connectivity index (χ2v) is 3.25. The van der Waals surface area contributed by atoms with Crippen LogP contribution < -0.4 is 5.73 Å². The molecule has 0 aromatic heterocycles. The average molecular weight is 146 g/mol. The fourth-order valence-electron chi connectivity index (χ4n) is 1.07. The SMILES string of the molecule is CC(F)(CN)CN1CCC1. The van der Waals surface area contributed by atoms with Crippen LogP contribution in [-0.2, 0) is 0 Å². The molecule has 0 radical (unpaired) electrons. The molecule has 1 saturated heterocycles. The number of hydrogen-bond acceptors (Lipinski definition) is 2. The van der Waals surface area contributed by atoms with E-state index in [4.69, 9.17) is 5.73 Å². The first-order valence-electron chi connectivity index (χ1n) is 3.75. The number of nitrogens with zero attached hydrogens (tertiary/aromatic N) is 1. The van der Waals surface area contributed by atoms with Crippen LogP contribution in [0.3, 0.4) is 0 Å². The molecule has 3 heteroatoms. The molecule has 0 saturated carbocycles. The lowest BCUT2D eigenvalue weighted by atomic mass is 10.1. The highest BCUT2D eigenvalue weighted by atomic mass is 19.1. The van der Waals surface area contributed by atoms with E-state index < -0.39 is 5.67 Å². The highest BCUT2D eigenvalue weighted by Gasteiger charge is 2.27. The van der Waals surface area contributed by atoms with Gasteiger partial charge in [0.1, 0.15) is 5.67 Å². The largest absolute Gasteiger partial charge is 0.327 e. The molecule has 0 aliphatic carbocycles. The molecule has 1 unspecified atom stereocenters. The zero-order chi connectivity index (χ0) is 7.61. The van der Waals surface area contributed by atoms with Gasteiger partial charge in [-0.15, -0.1) is 0 Å². The lowest BCUT2D eigenvalue weighted by Gasteiger charge is -2.35. The van der Waals surface area contributed by atoms with Crippen LogP contribution >= 0.6 is 0 Å². The summed E-state index contributed by atoms with van der Waals surface area (Å²) in [4.78, 5) is 2.09. The van der Waals surface area contributed by atoms with E-state index in [1.165, 1.54) is 6.42 Å². The Bertz CT molecular complexity index is 110. The molecule has 10 heavy (non-hydrogen) atoms. The van der Waals surface area contributed by atoms with Gasteiger partial charge in [-0.1, -0.05) is 0 Å². The predicted molar refractivity (Wildman–Crippen MR) is 39.6 cm³/mol. The Morgan fingerprint density at radius 2 is 2.20 bits per heavy atom. The third-order valence-electron chi connectivity index (χ3n) is 1.93. The van der Waals surface area contributed by atoms with E-state index in [-0.39, 0.29) is 6.54 Å². The van der Waals surface area contributed by atoms with Gasteiger partial charge in [-0.2, -0.15) is 0 Å². The zero-order valence-electron chi connectivity index (χ0n) is 6.44. The Morgan fingerprint density at radius 3 is 2.50 bits per heavy atom. The summed E-state index contributed by atoms with van der Waals surface area (Å²) < 4.78 is 13.1. The second kappa shape index (κ2) is 2.84. The van der Waals surface area contributed by atoms with E-state index in [0.29, 0.717) is 6.54 Å². The van der Waals surface area contributed by atoms with Crippen LogP contribution in [0.2, 0.25) is 0 Å². The Kier molecular flexibility index (Phi) is 2.26. The summed E-state index contributed by atoms with van der Waals surface area (Å²) in [5.41, 5.74) is 4.05. The summed E-state index contributed by atoms with van der Waals surface area (Å²) in [6.07, 6.45) is 1.21. The van der Waals surface area contributed by atoms with E-state index in [1.807, 2.05) is 0 Å². The molecular formula is C7H15FN2. The molecule has 1 fully saturated rings. The Labute approximate surface area is 61.2 Å². The zero-order valence-corrected chi connectivity index (χ0v) is 6.44. The van der Waals surface area contributed by atoms with E-state index in [1.54, 1.807) is 6.92 Å². The molecule has 1 aliphatic heterocycles. The van der Waals surface area contributed by atoms with Crippen LogP contribution in [0.25, 0.3) is 0 Å². The van der Waals surface area contributed by atoms with Crippen LogP contribution in [0.15, 0.2) is 0 Å². The van der Waals surface area contributed by atoms with Crippen molar-refractivity contribution in [3.05, 3.63) is 0 Å². The Hall–Kier alpha value is -0.150. The first kappa shape index (κ1) is 7.95. The number of alkyl halides is 1. The molecule has 1 rings (SSSR count). The molecule has 0 amide bonds. The van der Waals surface area contributed by atoms with E-state index >= 15 is 0 Å². The van der Waals surface area contributed by atoms with E-state index in [0.717, 1.165) is 13.1 Å². The molecule has 0 aromatic rings. The maximum atomic E-state index is 13.1. The molecule has 2 nitrogen and oxygen atoms in total. The van der Waals surface area contributed by atoms with Gasteiger partial charge >= 0.3 is 0 Å².